The molecule has 0 amide bonds. The minimum absolute atomic E-state index is 0.0801. The third-order valence-corrected chi connectivity index (χ3v) is 21.3. The van der Waals surface area contributed by atoms with E-state index in [0.29, 0.717) is 0 Å². The Labute approximate surface area is 163 Å². The van der Waals surface area contributed by atoms with Crippen molar-refractivity contribution >= 4 is 22.0 Å². The van der Waals surface area contributed by atoms with E-state index in [9.17, 15) is 4.39 Å². The fraction of sp³-hybridized carbons (Fsp3) is 0.591. The SMILES string of the molecule is CCC[CH2][Sn]([CH2]CCC)([CH2]CCC)[c]1cc(F)ccc1-c1nccn1C. The van der Waals surface area contributed by atoms with Gasteiger partial charge in [0.2, 0.25) is 0 Å². The first-order valence-electron chi connectivity index (χ1n) is 10.4. The molecule has 2 nitrogen and oxygen atoms in total. The van der Waals surface area contributed by atoms with Crippen LogP contribution >= 0.6 is 0 Å². The van der Waals surface area contributed by atoms with Crippen LogP contribution in [0.4, 0.5) is 4.39 Å². The number of rotatable bonds is 11. The van der Waals surface area contributed by atoms with Crippen LogP contribution in [0.25, 0.3) is 11.4 Å². The number of imidazole rings is 1. The van der Waals surface area contributed by atoms with Crippen molar-refractivity contribution in [2.24, 2.45) is 7.05 Å². The maximum absolute atomic E-state index is 14.4. The predicted molar refractivity (Wildman–Crippen MR) is 113 cm³/mol. The molecule has 0 bridgehead atoms. The van der Waals surface area contributed by atoms with Gasteiger partial charge < -0.3 is 0 Å². The van der Waals surface area contributed by atoms with Crippen molar-refractivity contribution in [3.05, 3.63) is 36.4 Å². The van der Waals surface area contributed by atoms with Crippen LogP contribution in [0.5, 0.6) is 0 Å². The van der Waals surface area contributed by atoms with Crippen molar-refractivity contribution in [3.8, 4) is 11.4 Å². The molecule has 0 radical (unpaired) electrons. The molecule has 1 aromatic carbocycles. The average molecular weight is 465 g/mol. The molecule has 0 N–H and O–H groups in total. The number of aryl methyl sites for hydroxylation is 1. The maximum atomic E-state index is 14.4. The molecule has 0 aliphatic heterocycles. The Morgan fingerprint density at radius 2 is 1.54 bits per heavy atom. The zero-order valence-electron chi connectivity index (χ0n) is 17.0. The number of aromatic nitrogens is 2. The number of hydrogen-bond acceptors (Lipinski definition) is 1. The quantitative estimate of drug-likeness (QED) is 0.357. The fourth-order valence-corrected chi connectivity index (χ4v) is 20.8. The third kappa shape index (κ3) is 5.11. The van der Waals surface area contributed by atoms with Crippen molar-refractivity contribution in [1.29, 1.82) is 0 Å². The Morgan fingerprint density at radius 3 is 2.00 bits per heavy atom. The van der Waals surface area contributed by atoms with Crippen LogP contribution in [0.2, 0.25) is 13.3 Å². The van der Waals surface area contributed by atoms with Gasteiger partial charge in [-0.05, 0) is 0 Å². The van der Waals surface area contributed by atoms with Crippen LogP contribution in [-0.4, -0.2) is 27.9 Å². The van der Waals surface area contributed by atoms with E-state index in [2.05, 4.69) is 30.3 Å². The number of unbranched alkanes of at least 4 members (excludes halogenated alkanes) is 3. The summed E-state index contributed by atoms with van der Waals surface area (Å²) in [5.74, 6) is 0.911. The first-order chi connectivity index (χ1) is 12.6. The second kappa shape index (κ2) is 10.5. The van der Waals surface area contributed by atoms with E-state index >= 15 is 0 Å². The van der Waals surface area contributed by atoms with E-state index in [1.54, 1.807) is 6.07 Å². The summed E-state index contributed by atoms with van der Waals surface area (Å²) in [5, 5.41) is 0. The topological polar surface area (TPSA) is 17.8 Å². The predicted octanol–water partition coefficient (Wildman–Crippen LogP) is 6.28. The molecule has 0 saturated carbocycles. The molecule has 1 heterocycles. The van der Waals surface area contributed by atoms with Gasteiger partial charge in [-0.15, -0.1) is 0 Å². The van der Waals surface area contributed by atoms with Gasteiger partial charge >= 0.3 is 163 Å². The molecule has 1 aromatic heterocycles. The molecular weight excluding hydrogens is 430 g/mol. The van der Waals surface area contributed by atoms with Gasteiger partial charge in [0.15, 0.2) is 0 Å². The van der Waals surface area contributed by atoms with Gasteiger partial charge in [0.05, 0.1) is 0 Å². The molecule has 2 aromatic rings. The molecule has 0 aliphatic carbocycles. The van der Waals surface area contributed by atoms with E-state index in [0.717, 1.165) is 5.82 Å². The third-order valence-electron chi connectivity index (χ3n) is 5.64. The summed E-state index contributed by atoms with van der Waals surface area (Å²) in [5.41, 5.74) is 1.19. The molecule has 0 aliphatic rings. The van der Waals surface area contributed by atoms with E-state index < -0.39 is 18.4 Å². The average Bonchev–Trinajstić information content (AvgIpc) is 3.07. The van der Waals surface area contributed by atoms with Crippen molar-refractivity contribution in [1.82, 2.24) is 9.55 Å². The van der Waals surface area contributed by atoms with E-state index in [1.165, 1.54) is 61.0 Å². The molecular formula is C22H35FN2Sn. The van der Waals surface area contributed by atoms with Gasteiger partial charge in [-0.1, -0.05) is 0 Å². The summed E-state index contributed by atoms with van der Waals surface area (Å²) in [6.07, 6.45) is 11.4. The summed E-state index contributed by atoms with van der Waals surface area (Å²) in [6, 6.07) is 5.49. The number of nitrogens with zero attached hydrogens (tertiary/aromatic N) is 2. The minimum atomic E-state index is -2.72. The van der Waals surface area contributed by atoms with Gasteiger partial charge in [-0.25, -0.2) is 0 Å². The molecule has 0 atom stereocenters. The second-order valence-electron chi connectivity index (χ2n) is 7.64. The van der Waals surface area contributed by atoms with E-state index in [-0.39, 0.29) is 5.82 Å². The van der Waals surface area contributed by atoms with Gasteiger partial charge in [0, 0.05) is 0 Å². The second-order valence-corrected chi connectivity index (χ2v) is 20.8. The van der Waals surface area contributed by atoms with Crippen molar-refractivity contribution in [3.63, 3.8) is 0 Å². The molecule has 4 heteroatoms. The van der Waals surface area contributed by atoms with Crippen molar-refractivity contribution in [2.75, 3.05) is 0 Å². The van der Waals surface area contributed by atoms with Gasteiger partial charge in [0.25, 0.3) is 0 Å². The van der Waals surface area contributed by atoms with Crippen LogP contribution < -0.4 is 3.58 Å². The molecule has 0 unspecified atom stereocenters. The van der Waals surface area contributed by atoms with Crippen LogP contribution in [0.3, 0.4) is 0 Å². The zero-order chi connectivity index (χ0) is 19.0. The summed E-state index contributed by atoms with van der Waals surface area (Å²) in [7, 11) is 2.04. The molecule has 0 spiro atoms. The van der Waals surface area contributed by atoms with Crippen molar-refractivity contribution in [2.45, 2.75) is 72.6 Å². The van der Waals surface area contributed by atoms with Crippen LogP contribution in [0, 0.1) is 5.82 Å². The Kier molecular flexibility index (Phi) is 8.65. The first kappa shape index (κ1) is 21.5. The Bertz CT molecular complexity index is 659. The van der Waals surface area contributed by atoms with Gasteiger partial charge in [0.1, 0.15) is 0 Å². The van der Waals surface area contributed by atoms with E-state index in [1.807, 2.05) is 31.6 Å². The monoisotopic (exact) mass is 466 g/mol. The molecule has 2 rings (SSSR count). The number of hydrogen-bond donors (Lipinski definition) is 0. The normalized spacial score (nSPS) is 11.9. The van der Waals surface area contributed by atoms with Crippen LogP contribution in [-0.2, 0) is 7.05 Å². The van der Waals surface area contributed by atoms with Crippen LogP contribution in [0.15, 0.2) is 30.6 Å². The summed E-state index contributed by atoms with van der Waals surface area (Å²) < 4.78 is 21.9. The van der Waals surface area contributed by atoms with Gasteiger partial charge in [-0.3, -0.25) is 0 Å². The van der Waals surface area contributed by atoms with Crippen LogP contribution in [0.1, 0.15) is 59.3 Å². The summed E-state index contributed by atoms with van der Waals surface area (Å²) in [6.45, 7) is 6.84. The Balaban J connectivity index is 2.60. The van der Waals surface area contributed by atoms with Crippen molar-refractivity contribution < 1.29 is 4.39 Å². The summed E-state index contributed by atoms with van der Waals surface area (Å²) in [4.78, 5) is 4.60. The number of halogens is 1. The molecule has 0 fully saturated rings. The van der Waals surface area contributed by atoms with E-state index in [4.69, 9.17) is 0 Å². The molecule has 144 valence electrons. The number of benzene rings is 1. The standard InChI is InChI=1S/C10H8FN2.3C4H9.Sn/c1-13-7-6-12-10(13)8-2-4-9(11)5-3-8;3*1-3-4-2;/h2,4-7H,1H3;3*1,3-4H2,2H3;. The summed E-state index contributed by atoms with van der Waals surface area (Å²) >= 11 is -2.72. The first-order valence-corrected chi connectivity index (χ1v) is 17.8. The Hall–Kier alpha value is -0.841. The fourth-order valence-electron chi connectivity index (χ4n) is 4.10. The molecule has 26 heavy (non-hydrogen) atoms. The molecule has 0 saturated heterocycles. The zero-order valence-corrected chi connectivity index (χ0v) is 19.9. The Morgan fingerprint density at radius 1 is 0.962 bits per heavy atom. The van der Waals surface area contributed by atoms with Gasteiger partial charge in [-0.2, -0.15) is 0 Å².